The number of ether oxygens (including phenoxy) is 3. The molecular weight excluding hydrogens is 1170 g/mol. The highest BCUT2D eigenvalue weighted by Gasteiger charge is 2.49. The van der Waals surface area contributed by atoms with Gasteiger partial charge in [0.1, 0.15) is 46.9 Å². The fourth-order valence-corrected chi connectivity index (χ4v) is 12.5. The second-order valence-electron chi connectivity index (χ2n) is 25.4. The first kappa shape index (κ1) is 66.3. The normalized spacial score (nSPS) is 22.1. The zero-order valence-electron chi connectivity index (χ0n) is 52.1. The van der Waals surface area contributed by atoms with Gasteiger partial charge < -0.3 is 55.3 Å². The molecule has 0 spiro atoms. The van der Waals surface area contributed by atoms with Crippen LogP contribution < -0.4 is 26.2 Å². The first-order chi connectivity index (χ1) is 42.7. The van der Waals surface area contributed by atoms with Crippen molar-refractivity contribution in [3.05, 3.63) is 124 Å². The molecule has 5 heterocycles. The number of carbonyl (C=O) groups excluding carboxylic acids is 7. The van der Waals surface area contributed by atoms with Crippen LogP contribution in [0.25, 0.3) is 0 Å². The van der Waals surface area contributed by atoms with E-state index in [0.29, 0.717) is 67.9 Å². The number of hydrogen-bond donors (Lipinski definition) is 5. The molecule has 5 aliphatic heterocycles. The molecule has 5 aliphatic rings. The second-order valence-corrected chi connectivity index (χ2v) is 25.4. The first-order valence-electron chi connectivity index (χ1n) is 30.5. The number of amides is 8. The van der Waals surface area contributed by atoms with E-state index < -0.39 is 107 Å². The van der Waals surface area contributed by atoms with Crippen LogP contribution in [0.15, 0.2) is 78.9 Å². The average Bonchev–Trinajstić information content (AvgIpc) is 1.55. The Morgan fingerprint density at radius 3 is 2.20 bits per heavy atom. The van der Waals surface area contributed by atoms with E-state index in [-0.39, 0.29) is 81.9 Å². The number of morpholine rings is 1. The Morgan fingerprint density at radius 1 is 0.822 bits per heavy atom. The maximum absolute atomic E-state index is 15.2. The van der Waals surface area contributed by atoms with E-state index >= 15 is 13.6 Å². The van der Waals surface area contributed by atoms with E-state index in [1.54, 1.807) is 75.9 Å². The molecule has 0 aliphatic carbocycles. The van der Waals surface area contributed by atoms with Crippen LogP contribution in [0.3, 0.4) is 0 Å². The predicted molar refractivity (Wildman–Crippen MR) is 327 cm³/mol. The summed E-state index contributed by atoms with van der Waals surface area (Å²) in [5.74, 6) is -6.78. The van der Waals surface area contributed by atoms with Gasteiger partial charge in [0.15, 0.2) is 0 Å². The van der Waals surface area contributed by atoms with Crippen molar-refractivity contribution in [3.63, 3.8) is 0 Å². The van der Waals surface area contributed by atoms with Gasteiger partial charge in [-0.1, -0.05) is 36.4 Å². The molecule has 484 valence electrons. The molecule has 0 bridgehead atoms. The molecule has 3 fully saturated rings. The number of rotatable bonds is 17. The molecule has 0 radical (unpaired) electrons. The van der Waals surface area contributed by atoms with Gasteiger partial charge in [-0.25, -0.2) is 22.8 Å². The number of anilines is 3. The maximum atomic E-state index is 15.2. The number of piperazine rings is 1. The van der Waals surface area contributed by atoms with Crippen LogP contribution in [-0.2, 0) is 67.8 Å². The van der Waals surface area contributed by atoms with Crippen LogP contribution in [0.2, 0.25) is 0 Å². The number of hydrogen-bond acceptors (Lipinski definition) is 13. The van der Waals surface area contributed by atoms with Gasteiger partial charge in [0.05, 0.1) is 31.7 Å². The SMILES string of the molecule is CC(C(=O)NC(C(=O)N1Cc2cc(NC(=O)CNC(=O)C3(C)CN(C(=O)CN4CC(C)N(C(=O)O)CC4CN4CCOC[C@H]4C)c4cc(Cc5ccc(F)cc5)ccc43)ccc2C[C@H]1C(=O)Nc1c(F)cccc1F)C1CCOCC1)N(C)C(=O)OC(C)(C)C. The van der Waals surface area contributed by atoms with Crippen molar-refractivity contribution in [1.82, 2.24) is 35.1 Å². The fraction of sp³-hybridized carbons (Fsp3) is 0.508. The number of fused-ring (bicyclic) bond motifs is 2. The summed E-state index contributed by atoms with van der Waals surface area (Å²) < 4.78 is 60.8. The number of para-hydroxylation sites is 1. The van der Waals surface area contributed by atoms with Crippen LogP contribution >= 0.6 is 0 Å². The summed E-state index contributed by atoms with van der Waals surface area (Å²) in [5, 5.41) is 21.0. The number of likely N-dealkylation sites (N-methyl/N-ethyl adjacent to an activating group) is 1. The third-order valence-corrected chi connectivity index (χ3v) is 17.8. The molecule has 7 atom stereocenters. The number of halogens is 3. The Hall–Kier alpha value is -8.13. The van der Waals surface area contributed by atoms with Crippen LogP contribution in [0.4, 0.5) is 39.8 Å². The minimum absolute atomic E-state index is 0.0729. The number of carbonyl (C=O) groups is 8. The highest BCUT2D eigenvalue weighted by Crippen LogP contribution is 2.42. The zero-order valence-corrected chi connectivity index (χ0v) is 52.1. The lowest BCUT2D eigenvalue weighted by molar-refractivity contribution is -0.146. The predicted octanol–water partition coefficient (Wildman–Crippen LogP) is 5.89. The lowest BCUT2D eigenvalue weighted by atomic mass is 9.83. The summed E-state index contributed by atoms with van der Waals surface area (Å²) in [7, 11) is 1.39. The van der Waals surface area contributed by atoms with E-state index in [0.717, 1.165) is 34.2 Å². The lowest BCUT2D eigenvalue weighted by Gasteiger charge is -2.47. The Morgan fingerprint density at radius 2 is 1.52 bits per heavy atom. The molecule has 4 aromatic carbocycles. The zero-order chi connectivity index (χ0) is 64.9. The van der Waals surface area contributed by atoms with Gasteiger partial charge in [0.2, 0.25) is 35.4 Å². The van der Waals surface area contributed by atoms with Gasteiger partial charge in [-0.2, -0.15) is 0 Å². The summed E-state index contributed by atoms with van der Waals surface area (Å²) in [5.41, 5.74) is 0.959. The fourth-order valence-electron chi connectivity index (χ4n) is 12.5. The van der Waals surface area contributed by atoms with Crippen LogP contribution in [-0.4, -0.2) is 198 Å². The molecule has 22 nitrogen and oxygen atoms in total. The third kappa shape index (κ3) is 15.4. The molecule has 0 aromatic heterocycles. The van der Waals surface area contributed by atoms with Gasteiger partial charge in [0.25, 0.3) is 0 Å². The van der Waals surface area contributed by atoms with Crippen molar-refractivity contribution in [1.29, 1.82) is 0 Å². The van der Waals surface area contributed by atoms with Crippen LogP contribution in [0.1, 0.15) is 89.1 Å². The van der Waals surface area contributed by atoms with Crippen molar-refractivity contribution in [2.75, 3.05) is 94.8 Å². The van der Waals surface area contributed by atoms with Crippen molar-refractivity contribution < 1.29 is 70.8 Å². The quantitative estimate of drug-likeness (QED) is 0.0828. The Kier molecular flexibility index (Phi) is 20.6. The summed E-state index contributed by atoms with van der Waals surface area (Å²) in [6.07, 6.45) is -0.903. The molecule has 4 aromatic rings. The van der Waals surface area contributed by atoms with Crippen LogP contribution in [0, 0.1) is 23.4 Å². The standard InChI is InChI=1S/C65H81F3N10O12/c1-38-31-75(48(34-76(38)62(85)86)33-74-22-25-89-36-39(74)2)35-55(80)78-37-65(7,49-19-14-42(27-52(49)78)26-41-12-16-46(66)17-13-41)61(84)69-30-54(79)70-47-18-15-44-29-53(59(82)72-57-50(67)10-9-11-51(57)68)77(32-45(44)28-47)60(83)56(43-20-23-88-24-21-43)71-58(81)40(3)73(8)63(87)90-64(4,5)6/h9-19,27-28,38-40,43,48,53,56H,20-26,29-37H2,1-8H3,(H,69,84)(H,70,79)(H,71,81)(H,72,82)(H,85,86)/t38?,39-,40?,48?,53+,56?,65?/m1/s1. The first-order valence-corrected chi connectivity index (χ1v) is 30.5. The number of carboxylic acid groups (broad SMARTS) is 1. The smallest absolute Gasteiger partial charge is 0.410 e. The molecule has 8 amide bonds. The third-order valence-electron chi connectivity index (χ3n) is 17.8. The topological polar surface area (TPSA) is 252 Å². The number of nitrogens with zero attached hydrogens (tertiary/aromatic N) is 6. The minimum Gasteiger partial charge on any atom is -0.465 e. The van der Waals surface area contributed by atoms with Crippen molar-refractivity contribution in [2.45, 2.75) is 128 Å². The molecule has 5 unspecified atom stereocenters. The van der Waals surface area contributed by atoms with Gasteiger partial charge >= 0.3 is 12.2 Å². The van der Waals surface area contributed by atoms with E-state index in [2.05, 4.69) is 26.2 Å². The molecular formula is C65H81F3N10O12. The highest BCUT2D eigenvalue weighted by atomic mass is 19.1. The van der Waals surface area contributed by atoms with Crippen molar-refractivity contribution >= 4 is 64.7 Å². The van der Waals surface area contributed by atoms with E-state index in [1.165, 1.54) is 35.9 Å². The summed E-state index contributed by atoms with van der Waals surface area (Å²) in [4.78, 5) is 122. The van der Waals surface area contributed by atoms with Gasteiger partial charge in [-0.05, 0) is 144 Å². The number of benzene rings is 4. The van der Waals surface area contributed by atoms with E-state index in [1.807, 2.05) is 24.0 Å². The van der Waals surface area contributed by atoms with Crippen molar-refractivity contribution in [2.24, 2.45) is 5.92 Å². The molecule has 3 saturated heterocycles. The Balaban J connectivity index is 0.935. The Labute approximate surface area is 521 Å². The second kappa shape index (κ2) is 27.9. The van der Waals surface area contributed by atoms with Gasteiger partial charge in [0, 0.05) is 95.5 Å². The van der Waals surface area contributed by atoms with Crippen molar-refractivity contribution in [3.8, 4) is 0 Å². The van der Waals surface area contributed by atoms with Crippen LogP contribution in [0.5, 0.6) is 0 Å². The Bertz CT molecular complexity index is 3340. The average molecular weight is 1250 g/mol. The largest absolute Gasteiger partial charge is 0.465 e. The molecule has 9 rings (SSSR count). The molecule has 5 N–H and O–H groups in total. The van der Waals surface area contributed by atoms with Gasteiger partial charge in [-0.3, -0.25) is 43.5 Å². The summed E-state index contributed by atoms with van der Waals surface area (Å²) >= 11 is 0. The van der Waals surface area contributed by atoms with E-state index in [4.69, 9.17) is 14.2 Å². The number of nitrogens with one attached hydrogen (secondary N) is 4. The monoisotopic (exact) mass is 1250 g/mol. The highest BCUT2D eigenvalue weighted by molar-refractivity contribution is 6.04. The molecule has 25 heteroatoms. The summed E-state index contributed by atoms with van der Waals surface area (Å²) in [6.45, 7) is 14.3. The lowest BCUT2D eigenvalue weighted by Crippen LogP contribution is -2.64. The maximum Gasteiger partial charge on any atom is 0.410 e. The van der Waals surface area contributed by atoms with E-state index in [9.17, 15) is 43.1 Å². The molecule has 0 saturated carbocycles. The van der Waals surface area contributed by atoms with Gasteiger partial charge in [-0.15, -0.1) is 0 Å². The minimum atomic E-state index is -1.38. The summed E-state index contributed by atoms with van der Waals surface area (Å²) in [6, 6.07) is 15.0. The molecule has 90 heavy (non-hydrogen) atoms.